The van der Waals surface area contributed by atoms with Crippen molar-refractivity contribution in [3.63, 3.8) is 0 Å². The van der Waals surface area contributed by atoms with Crippen LogP contribution in [0.15, 0.2) is 43.0 Å². The van der Waals surface area contributed by atoms with E-state index in [-0.39, 0.29) is 5.91 Å². The van der Waals surface area contributed by atoms with E-state index < -0.39 is 0 Å². The normalized spacial score (nSPS) is 15.3. The van der Waals surface area contributed by atoms with E-state index in [9.17, 15) is 4.79 Å². The van der Waals surface area contributed by atoms with Gasteiger partial charge >= 0.3 is 0 Å². The second-order valence-electron chi connectivity index (χ2n) is 7.10. The van der Waals surface area contributed by atoms with Crippen molar-refractivity contribution in [2.75, 3.05) is 13.1 Å². The molecule has 7 heteroatoms. The smallest absolute Gasteiger partial charge is 0.257 e. The molecule has 1 saturated heterocycles. The highest BCUT2D eigenvalue weighted by molar-refractivity contribution is 5.95. The van der Waals surface area contributed by atoms with Gasteiger partial charge in [-0.25, -0.2) is 4.98 Å². The van der Waals surface area contributed by atoms with Crippen LogP contribution in [0.4, 0.5) is 0 Å². The lowest BCUT2D eigenvalue weighted by Gasteiger charge is -2.31. The number of imidazole rings is 1. The van der Waals surface area contributed by atoms with E-state index in [0.717, 1.165) is 49.7 Å². The van der Waals surface area contributed by atoms with Crippen molar-refractivity contribution in [2.45, 2.75) is 32.2 Å². The van der Waals surface area contributed by atoms with Gasteiger partial charge in [0.15, 0.2) is 0 Å². The highest BCUT2D eigenvalue weighted by Crippen LogP contribution is 2.28. The van der Waals surface area contributed by atoms with Crippen molar-refractivity contribution in [1.29, 1.82) is 0 Å². The van der Waals surface area contributed by atoms with Crippen molar-refractivity contribution >= 4 is 5.91 Å². The molecule has 0 aliphatic carbocycles. The number of hydrogen-bond acceptors (Lipinski definition) is 4. The molecule has 0 saturated carbocycles. The summed E-state index contributed by atoms with van der Waals surface area (Å²) in [7, 11) is 1.84. The number of likely N-dealkylation sites (tertiary alicyclic amines) is 1. The Morgan fingerprint density at radius 3 is 2.67 bits per heavy atom. The summed E-state index contributed by atoms with van der Waals surface area (Å²) in [5, 5.41) is 4.28. The van der Waals surface area contributed by atoms with Crippen molar-refractivity contribution in [3.8, 4) is 0 Å². The van der Waals surface area contributed by atoms with E-state index in [4.69, 9.17) is 0 Å². The number of aryl methyl sites for hydroxylation is 2. The molecule has 0 radical (unpaired) electrons. The first-order valence-electron chi connectivity index (χ1n) is 9.32. The Kier molecular flexibility index (Phi) is 4.75. The second-order valence-corrected chi connectivity index (χ2v) is 7.10. The molecule has 0 spiro atoms. The number of carbonyl (C=O) groups excluding carboxylic acids is 1. The maximum absolute atomic E-state index is 12.8. The molecule has 1 aliphatic rings. The lowest BCUT2D eigenvalue weighted by Crippen LogP contribution is -2.38. The zero-order valence-corrected chi connectivity index (χ0v) is 15.7. The summed E-state index contributed by atoms with van der Waals surface area (Å²) in [5.41, 5.74) is 2.51. The summed E-state index contributed by atoms with van der Waals surface area (Å²) < 4.78 is 3.87. The monoisotopic (exact) mass is 364 g/mol. The summed E-state index contributed by atoms with van der Waals surface area (Å²) in [6.07, 6.45) is 9.34. The molecule has 27 heavy (non-hydrogen) atoms. The summed E-state index contributed by atoms with van der Waals surface area (Å²) in [4.78, 5) is 23.7. The Bertz CT molecular complexity index is 921. The number of carbonyl (C=O) groups is 1. The largest absolute Gasteiger partial charge is 0.338 e. The average molecular weight is 364 g/mol. The minimum Gasteiger partial charge on any atom is -0.338 e. The highest BCUT2D eigenvalue weighted by atomic mass is 16.2. The van der Waals surface area contributed by atoms with Gasteiger partial charge in [-0.1, -0.05) is 6.07 Å². The van der Waals surface area contributed by atoms with E-state index in [1.54, 1.807) is 4.68 Å². The van der Waals surface area contributed by atoms with E-state index in [1.165, 1.54) is 0 Å². The van der Waals surface area contributed by atoms with E-state index in [1.807, 2.05) is 61.9 Å². The number of aromatic nitrogens is 5. The fourth-order valence-corrected chi connectivity index (χ4v) is 3.80. The van der Waals surface area contributed by atoms with Crippen LogP contribution in [0.3, 0.4) is 0 Å². The first-order valence-corrected chi connectivity index (χ1v) is 9.32. The van der Waals surface area contributed by atoms with Crippen LogP contribution in [0.25, 0.3) is 0 Å². The van der Waals surface area contributed by atoms with Gasteiger partial charge in [0.1, 0.15) is 5.82 Å². The first kappa shape index (κ1) is 17.5. The molecule has 3 aromatic rings. The summed E-state index contributed by atoms with van der Waals surface area (Å²) >= 11 is 0. The minimum atomic E-state index is 0.0795. The molecule has 4 heterocycles. The molecule has 0 N–H and O–H groups in total. The van der Waals surface area contributed by atoms with Crippen LogP contribution < -0.4 is 0 Å². The molecule has 140 valence electrons. The quantitative estimate of drug-likeness (QED) is 0.713. The molecular formula is C20H24N6O. The summed E-state index contributed by atoms with van der Waals surface area (Å²) in [5.74, 6) is 1.53. The van der Waals surface area contributed by atoms with E-state index >= 15 is 0 Å². The SMILES string of the molecule is Cc1nn(C)cc1C(=O)N1CCC(c2nccn2Cc2ccccn2)CC1. The van der Waals surface area contributed by atoms with Gasteiger partial charge in [0, 0.05) is 50.8 Å². The third-order valence-electron chi connectivity index (χ3n) is 5.20. The maximum atomic E-state index is 12.8. The lowest BCUT2D eigenvalue weighted by atomic mass is 9.95. The molecule has 1 amide bonds. The van der Waals surface area contributed by atoms with Crippen LogP contribution in [-0.2, 0) is 13.6 Å². The molecular weight excluding hydrogens is 340 g/mol. The number of hydrogen-bond donors (Lipinski definition) is 0. The predicted octanol–water partition coefficient (Wildman–Crippen LogP) is 2.39. The molecule has 0 atom stereocenters. The van der Waals surface area contributed by atoms with Crippen LogP contribution in [0.5, 0.6) is 0 Å². The fourth-order valence-electron chi connectivity index (χ4n) is 3.80. The Balaban J connectivity index is 1.42. The summed E-state index contributed by atoms with van der Waals surface area (Å²) in [6, 6.07) is 5.96. The van der Waals surface area contributed by atoms with Crippen LogP contribution >= 0.6 is 0 Å². The minimum absolute atomic E-state index is 0.0795. The van der Waals surface area contributed by atoms with Crippen molar-refractivity contribution in [1.82, 2.24) is 29.2 Å². The van der Waals surface area contributed by atoms with Crippen LogP contribution in [0, 0.1) is 6.92 Å². The van der Waals surface area contributed by atoms with Gasteiger partial charge in [-0.2, -0.15) is 5.10 Å². The Labute approximate surface area is 158 Å². The standard InChI is InChI=1S/C20H24N6O/c1-15-18(14-24(2)23-15)20(27)25-10-6-16(7-11-25)19-22-9-12-26(19)13-17-5-3-4-8-21-17/h3-5,8-9,12,14,16H,6-7,10-11,13H2,1-2H3. The number of rotatable bonds is 4. The van der Waals surface area contributed by atoms with Gasteiger partial charge in [-0.05, 0) is 31.9 Å². The number of pyridine rings is 1. The van der Waals surface area contributed by atoms with Gasteiger partial charge in [0.2, 0.25) is 0 Å². The van der Waals surface area contributed by atoms with Gasteiger partial charge in [-0.15, -0.1) is 0 Å². The third-order valence-corrected chi connectivity index (χ3v) is 5.20. The van der Waals surface area contributed by atoms with Gasteiger partial charge in [0.05, 0.1) is 23.5 Å². The molecule has 0 bridgehead atoms. The lowest BCUT2D eigenvalue weighted by molar-refractivity contribution is 0.0709. The van der Waals surface area contributed by atoms with E-state index in [0.29, 0.717) is 11.5 Å². The molecule has 7 nitrogen and oxygen atoms in total. The average Bonchev–Trinajstić information content (AvgIpc) is 3.28. The van der Waals surface area contributed by atoms with Crippen molar-refractivity contribution in [2.24, 2.45) is 7.05 Å². The molecule has 3 aromatic heterocycles. The maximum Gasteiger partial charge on any atom is 0.257 e. The van der Waals surface area contributed by atoms with Crippen LogP contribution in [0.2, 0.25) is 0 Å². The molecule has 4 rings (SSSR count). The van der Waals surface area contributed by atoms with Crippen molar-refractivity contribution in [3.05, 3.63) is 65.8 Å². The Morgan fingerprint density at radius 2 is 2.00 bits per heavy atom. The first-order chi connectivity index (χ1) is 13.1. The second kappa shape index (κ2) is 7.34. The van der Waals surface area contributed by atoms with Gasteiger partial charge in [0.25, 0.3) is 5.91 Å². The van der Waals surface area contributed by atoms with Crippen LogP contribution in [0.1, 0.15) is 46.3 Å². The molecule has 0 aromatic carbocycles. The molecule has 0 unspecified atom stereocenters. The van der Waals surface area contributed by atoms with E-state index in [2.05, 4.69) is 19.6 Å². The Hall–Kier alpha value is -2.96. The third kappa shape index (κ3) is 3.63. The number of piperidine rings is 1. The van der Waals surface area contributed by atoms with Gasteiger partial charge in [-0.3, -0.25) is 14.5 Å². The number of amides is 1. The highest BCUT2D eigenvalue weighted by Gasteiger charge is 2.28. The molecule has 1 aliphatic heterocycles. The fraction of sp³-hybridized carbons (Fsp3) is 0.400. The zero-order valence-electron chi connectivity index (χ0n) is 15.7. The number of nitrogens with zero attached hydrogens (tertiary/aromatic N) is 6. The summed E-state index contributed by atoms with van der Waals surface area (Å²) in [6.45, 7) is 4.10. The Morgan fingerprint density at radius 1 is 1.19 bits per heavy atom. The predicted molar refractivity (Wildman–Crippen MR) is 101 cm³/mol. The van der Waals surface area contributed by atoms with Gasteiger partial charge < -0.3 is 9.47 Å². The molecule has 1 fully saturated rings. The van der Waals surface area contributed by atoms with Crippen LogP contribution in [-0.4, -0.2) is 48.2 Å². The van der Waals surface area contributed by atoms with Crippen molar-refractivity contribution < 1.29 is 4.79 Å². The topological polar surface area (TPSA) is 68.8 Å². The zero-order chi connectivity index (χ0) is 18.8.